The standard InChI is InChI=1S/C26H34Cl2N4O4/c1-15-22(29-17(3)32(23(15)33)19-9-7-8-18(27)20(19)28)31-12-10-26(11-13-31)14-35-16(2)21(26)30-24(34)36-25(4,5)6/h7-9,16,21H,10-14H2,1-6H3,(H,30,34)/t16-,21+/m0/s1. The molecule has 2 saturated heterocycles. The Morgan fingerprint density at radius 2 is 1.89 bits per heavy atom. The van der Waals surface area contributed by atoms with E-state index in [1.807, 2.05) is 27.7 Å². The summed E-state index contributed by atoms with van der Waals surface area (Å²) in [5.41, 5.74) is 0.120. The smallest absolute Gasteiger partial charge is 0.407 e. The number of hydrogen-bond acceptors (Lipinski definition) is 6. The second kappa shape index (κ2) is 9.88. The first-order valence-electron chi connectivity index (χ1n) is 12.2. The molecule has 1 amide bonds. The number of alkyl carbamates (subject to hydrolysis) is 1. The number of nitrogens with one attached hydrogen (secondary N) is 1. The Morgan fingerprint density at radius 3 is 2.53 bits per heavy atom. The molecular weight excluding hydrogens is 503 g/mol. The predicted octanol–water partition coefficient (Wildman–Crippen LogP) is 5.05. The van der Waals surface area contributed by atoms with Crippen molar-refractivity contribution in [3.05, 3.63) is 50.0 Å². The van der Waals surface area contributed by atoms with Crippen LogP contribution in [0.5, 0.6) is 0 Å². The van der Waals surface area contributed by atoms with Crippen molar-refractivity contribution < 1.29 is 14.3 Å². The van der Waals surface area contributed by atoms with Gasteiger partial charge in [-0.1, -0.05) is 29.3 Å². The molecule has 2 atom stereocenters. The number of nitrogens with zero attached hydrogens (tertiary/aromatic N) is 3. The highest BCUT2D eigenvalue weighted by molar-refractivity contribution is 6.43. The van der Waals surface area contributed by atoms with Crippen LogP contribution in [-0.2, 0) is 9.47 Å². The highest BCUT2D eigenvalue weighted by Crippen LogP contribution is 2.43. The second-order valence-corrected chi connectivity index (χ2v) is 11.6. The molecule has 1 aromatic heterocycles. The van der Waals surface area contributed by atoms with E-state index in [0.717, 1.165) is 12.8 Å². The number of rotatable bonds is 3. The van der Waals surface area contributed by atoms with E-state index in [4.69, 9.17) is 37.7 Å². The van der Waals surface area contributed by atoms with E-state index >= 15 is 0 Å². The first-order valence-corrected chi connectivity index (χ1v) is 13.0. The summed E-state index contributed by atoms with van der Waals surface area (Å²) in [5, 5.41) is 3.77. The molecule has 36 heavy (non-hydrogen) atoms. The van der Waals surface area contributed by atoms with Crippen molar-refractivity contribution in [3.63, 3.8) is 0 Å². The minimum Gasteiger partial charge on any atom is -0.444 e. The molecular formula is C26H34Cl2N4O4. The summed E-state index contributed by atoms with van der Waals surface area (Å²) in [6.45, 7) is 13.1. The first kappa shape index (κ1) is 26.8. The van der Waals surface area contributed by atoms with E-state index in [9.17, 15) is 9.59 Å². The Labute approximate surface area is 221 Å². The van der Waals surface area contributed by atoms with Gasteiger partial charge in [0.15, 0.2) is 0 Å². The Bertz CT molecular complexity index is 1220. The topological polar surface area (TPSA) is 85.7 Å². The summed E-state index contributed by atoms with van der Waals surface area (Å²) in [6.07, 6.45) is 1.04. The SMILES string of the molecule is Cc1c(N2CCC3(CC2)CO[C@@H](C)[C@H]3NC(=O)OC(C)(C)C)nc(C)n(-c2cccc(Cl)c2Cl)c1=O. The Kier molecular flexibility index (Phi) is 7.34. The highest BCUT2D eigenvalue weighted by atomic mass is 35.5. The Morgan fingerprint density at radius 1 is 1.22 bits per heavy atom. The third-order valence-electron chi connectivity index (χ3n) is 7.12. The van der Waals surface area contributed by atoms with Crippen LogP contribution in [0.1, 0.15) is 51.9 Å². The summed E-state index contributed by atoms with van der Waals surface area (Å²) in [7, 11) is 0. The molecule has 2 fully saturated rings. The molecule has 1 aromatic carbocycles. The van der Waals surface area contributed by atoms with Crippen LogP contribution in [0.4, 0.5) is 10.6 Å². The lowest BCUT2D eigenvalue weighted by molar-refractivity contribution is 0.0434. The van der Waals surface area contributed by atoms with Gasteiger partial charge in [0.25, 0.3) is 5.56 Å². The fourth-order valence-corrected chi connectivity index (χ4v) is 5.64. The second-order valence-electron chi connectivity index (χ2n) is 10.8. The average Bonchev–Trinajstić information content (AvgIpc) is 3.08. The molecule has 0 aliphatic carbocycles. The number of benzene rings is 1. The number of piperidine rings is 1. The number of halogens is 2. The summed E-state index contributed by atoms with van der Waals surface area (Å²) in [5.74, 6) is 1.21. The summed E-state index contributed by atoms with van der Waals surface area (Å²) >= 11 is 12.6. The minimum atomic E-state index is -0.570. The third kappa shape index (κ3) is 5.08. The van der Waals surface area contributed by atoms with Gasteiger partial charge in [0, 0.05) is 18.5 Å². The number of carbonyl (C=O) groups excluding carboxylic acids is 1. The van der Waals surface area contributed by atoms with Crippen LogP contribution in [0.3, 0.4) is 0 Å². The Balaban J connectivity index is 1.55. The molecule has 8 nitrogen and oxygen atoms in total. The van der Waals surface area contributed by atoms with Crippen LogP contribution < -0.4 is 15.8 Å². The molecule has 196 valence electrons. The lowest BCUT2D eigenvalue weighted by atomic mass is 9.73. The van der Waals surface area contributed by atoms with Crippen molar-refractivity contribution in [2.75, 3.05) is 24.6 Å². The van der Waals surface area contributed by atoms with Crippen molar-refractivity contribution in [1.29, 1.82) is 0 Å². The van der Waals surface area contributed by atoms with Gasteiger partial charge in [0.1, 0.15) is 17.2 Å². The van der Waals surface area contributed by atoms with E-state index < -0.39 is 11.7 Å². The van der Waals surface area contributed by atoms with Crippen LogP contribution in [0.2, 0.25) is 10.0 Å². The van der Waals surface area contributed by atoms with Gasteiger partial charge in [-0.2, -0.15) is 0 Å². The fourth-order valence-electron chi connectivity index (χ4n) is 5.26. The van der Waals surface area contributed by atoms with Crippen LogP contribution in [-0.4, -0.2) is 53.1 Å². The number of aromatic nitrogens is 2. The van der Waals surface area contributed by atoms with E-state index in [0.29, 0.717) is 52.6 Å². The number of carbonyl (C=O) groups is 1. The number of anilines is 1. The molecule has 1 spiro atoms. The van der Waals surface area contributed by atoms with Gasteiger partial charge < -0.3 is 19.7 Å². The maximum atomic E-state index is 13.4. The largest absolute Gasteiger partial charge is 0.444 e. The Hall–Kier alpha value is -2.29. The molecule has 0 saturated carbocycles. The molecule has 4 rings (SSSR count). The van der Waals surface area contributed by atoms with Crippen LogP contribution in [0.15, 0.2) is 23.0 Å². The maximum Gasteiger partial charge on any atom is 0.407 e. The molecule has 2 aliphatic rings. The van der Waals surface area contributed by atoms with Crippen molar-refractivity contribution in [2.45, 2.75) is 72.1 Å². The van der Waals surface area contributed by atoms with Gasteiger partial charge in [-0.3, -0.25) is 9.36 Å². The van der Waals surface area contributed by atoms with Gasteiger partial charge in [-0.05, 0) is 66.5 Å². The zero-order chi connectivity index (χ0) is 26.4. The molecule has 1 N–H and O–H groups in total. The van der Waals surface area contributed by atoms with Gasteiger partial charge in [-0.15, -0.1) is 0 Å². The molecule has 0 unspecified atom stereocenters. The molecule has 0 bridgehead atoms. The normalized spacial score (nSPS) is 21.6. The van der Waals surface area contributed by atoms with Crippen molar-refractivity contribution >= 4 is 35.1 Å². The van der Waals surface area contributed by atoms with Crippen molar-refractivity contribution in [1.82, 2.24) is 14.9 Å². The zero-order valence-electron chi connectivity index (χ0n) is 21.7. The summed E-state index contributed by atoms with van der Waals surface area (Å²) < 4.78 is 13.0. The predicted molar refractivity (Wildman–Crippen MR) is 142 cm³/mol. The quantitative estimate of drug-likeness (QED) is 0.590. The van der Waals surface area contributed by atoms with E-state index in [-0.39, 0.29) is 23.1 Å². The first-order chi connectivity index (χ1) is 16.8. The number of ether oxygens (including phenoxy) is 2. The minimum absolute atomic E-state index is 0.113. The number of amides is 1. The van der Waals surface area contributed by atoms with E-state index in [2.05, 4.69) is 10.2 Å². The number of aryl methyl sites for hydroxylation is 1. The fraction of sp³-hybridized carbons (Fsp3) is 0.577. The van der Waals surface area contributed by atoms with E-state index in [1.54, 1.807) is 32.0 Å². The zero-order valence-corrected chi connectivity index (χ0v) is 23.2. The van der Waals surface area contributed by atoms with Crippen molar-refractivity contribution in [3.8, 4) is 5.69 Å². The van der Waals surface area contributed by atoms with Gasteiger partial charge >= 0.3 is 6.09 Å². The summed E-state index contributed by atoms with van der Waals surface area (Å²) in [4.78, 5) is 32.9. The van der Waals surface area contributed by atoms with Gasteiger partial charge in [-0.25, -0.2) is 9.78 Å². The number of hydrogen-bond donors (Lipinski definition) is 1. The van der Waals surface area contributed by atoms with Crippen LogP contribution >= 0.6 is 23.2 Å². The highest BCUT2D eigenvalue weighted by Gasteiger charge is 2.50. The molecule has 2 aliphatic heterocycles. The van der Waals surface area contributed by atoms with Crippen LogP contribution in [0, 0.1) is 19.3 Å². The molecule has 2 aromatic rings. The van der Waals surface area contributed by atoms with Crippen molar-refractivity contribution in [2.24, 2.45) is 5.41 Å². The third-order valence-corrected chi connectivity index (χ3v) is 7.93. The lowest BCUT2D eigenvalue weighted by Gasteiger charge is -2.43. The molecule has 10 heteroatoms. The maximum absolute atomic E-state index is 13.4. The van der Waals surface area contributed by atoms with Crippen LogP contribution in [0.25, 0.3) is 5.69 Å². The monoisotopic (exact) mass is 536 g/mol. The summed E-state index contributed by atoms with van der Waals surface area (Å²) in [6, 6.07) is 5.05. The van der Waals surface area contributed by atoms with Gasteiger partial charge in [0.05, 0.1) is 40.0 Å². The van der Waals surface area contributed by atoms with Gasteiger partial charge in [0.2, 0.25) is 0 Å². The lowest BCUT2D eigenvalue weighted by Crippen LogP contribution is -2.55. The molecule has 0 radical (unpaired) electrons. The molecule has 3 heterocycles. The van der Waals surface area contributed by atoms with E-state index in [1.165, 1.54) is 4.57 Å². The average molecular weight is 537 g/mol.